The van der Waals surface area contributed by atoms with Crippen LogP contribution in [0.3, 0.4) is 0 Å². The number of hydrogen-bond acceptors (Lipinski definition) is 4. The van der Waals surface area contributed by atoms with Crippen molar-refractivity contribution in [3.8, 4) is 0 Å². The molecule has 1 aromatic rings. The van der Waals surface area contributed by atoms with Gasteiger partial charge in [-0.25, -0.2) is 4.98 Å². The predicted octanol–water partition coefficient (Wildman–Crippen LogP) is 4.52. The molecule has 0 aromatic carbocycles. The summed E-state index contributed by atoms with van der Waals surface area (Å²) < 4.78 is 0.625. The molecule has 5 nitrogen and oxygen atoms in total. The maximum atomic E-state index is 11.1. The number of rotatable bonds is 5. The van der Waals surface area contributed by atoms with Gasteiger partial charge in [0.15, 0.2) is 0 Å². The van der Waals surface area contributed by atoms with E-state index < -0.39 is 0 Å². The van der Waals surface area contributed by atoms with Crippen molar-refractivity contribution >= 4 is 27.4 Å². The van der Waals surface area contributed by atoms with Gasteiger partial charge in [0.2, 0.25) is 5.82 Å². The van der Waals surface area contributed by atoms with Gasteiger partial charge in [0.1, 0.15) is 0 Å². The highest BCUT2D eigenvalue weighted by molar-refractivity contribution is 9.10. The Morgan fingerprint density at radius 3 is 2.80 bits per heavy atom. The van der Waals surface area contributed by atoms with Gasteiger partial charge in [0.05, 0.1) is 4.92 Å². The minimum Gasteiger partial charge on any atom is -0.361 e. The first kappa shape index (κ1) is 15.2. The van der Waals surface area contributed by atoms with Crippen molar-refractivity contribution in [2.45, 2.75) is 51.5 Å². The first-order valence-electron chi connectivity index (χ1n) is 7.18. The molecule has 0 bridgehead atoms. The van der Waals surface area contributed by atoms with E-state index in [1.54, 1.807) is 6.20 Å². The molecule has 6 heteroatoms. The fourth-order valence-electron chi connectivity index (χ4n) is 2.94. The Hall–Kier alpha value is -1.17. The van der Waals surface area contributed by atoms with Crippen molar-refractivity contribution in [2.24, 2.45) is 5.92 Å². The number of nitrogens with one attached hydrogen (secondary N) is 1. The van der Waals surface area contributed by atoms with Crippen molar-refractivity contribution in [3.05, 3.63) is 26.9 Å². The molecule has 0 radical (unpaired) electrons. The molecule has 1 unspecified atom stereocenters. The standard InChI is InChI=1S/C14H20BrN3O2/c1-2-12(10-6-4-3-5-7-10)17-14-13(18(19)20)8-11(15)9-16-14/h8-10,12H,2-7H2,1H3,(H,16,17). The molecule has 0 spiro atoms. The highest BCUT2D eigenvalue weighted by Crippen LogP contribution is 2.32. The summed E-state index contributed by atoms with van der Waals surface area (Å²) in [5.41, 5.74) is 0.0358. The van der Waals surface area contributed by atoms with E-state index in [2.05, 4.69) is 33.2 Å². The van der Waals surface area contributed by atoms with E-state index in [-0.39, 0.29) is 16.7 Å². The van der Waals surface area contributed by atoms with Crippen molar-refractivity contribution in [3.63, 3.8) is 0 Å². The molecule has 1 heterocycles. The van der Waals surface area contributed by atoms with Crippen LogP contribution in [0.25, 0.3) is 0 Å². The number of halogens is 1. The van der Waals surface area contributed by atoms with Crippen LogP contribution in [0.15, 0.2) is 16.7 Å². The van der Waals surface area contributed by atoms with Crippen molar-refractivity contribution in [1.29, 1.82) is 0 Å². The Bertz CT molecular complexity index is 475. The third kappa shape index (κ3) is 3.69. The predicted molar refractivity (Wildman–Crippen MR) is 82.9 cm³/mol. The Labute approximate surface area is 127 Å². The van der Waals surface area contributed by atoms with Gasteiger partial charge >= 0.3 is 5.69 Å². The maximum absolute atomic E-state index is 11.1. The minimum absolute atomic E-state index is 0.0358. The molecule has 0 amide bonds. The van der Waals surface area contributed by atoms with E-state index in [1.807, 2.05) is 0 Å². The first-order chi connectivity index (χ1) is 9.61. The molecule has 1 aliphatic rings. The fourth-order valence-corrected chi connectivity index (χ4v) is 3.26. The molecule has 1 fully saturated rings. The van der Waals surface area contributed by atoms with E-state index in [9.17, 15) is 10.1 Å². The lowest BCUT2D eigenvalue weighted by molar-refractivity contribution is -0.384. The van der Waals surface area contributed by atoms with Gasteiger partial charge < -0.3 is 5.32 Å². The number of hydrogen-bond donors (Lipinski definition) is 1. The van der Waals surface area contributed by atoms with Gasteiger partial charge in [-0.05, 0) is 41.1 Å². The van der Waals surface area contributed by atoms with Crippen LogP contribution in [0.2, 0.25) is 0 Å². The van der Waals surface area contributed by atoms with Crippen LogP contribution in [0.1, 0.15) is 45.4 Å². The molecule has 1 aliphatic carbocycles. The second-order valence-electron chi connectivity index (χ2n) is 5.34. The average molecular weight is 342 g/mol. The number of anilines is 1. The Balaban J connectivity index is 2.16. The summed E-state index contributed by atoms with van der Waals surface area (Å²) in [7, 11) is 0. The normalized spacial score (nSPS) is 17.7. The van der Waals surface area contributed by atoms with Crippen LogP contribution >= 0.6 is 15.9 Å². The van der Waals surface area contributed by atoms with E-state index in [4.69, 9.17) is 0 Å². The summed E-state index contributed by atoms with van der Waals surface area (Å²) >= 11 is 3.23. The molecule has 0 aliphatic heterocycles. The van der Waals surface area contributed by atoms with Crippen LogP contribution in [0.5, 0.6) is 0 Å². The summed E-state index contributed by atoms with van der Waals surface area (Å²) in [6.45, 7) is 2.12. The van der Waals surface area contributed by atoms with Gasteiger partial charge in [0, 0.05) is 22.8 Å². The molecule has 2 rings (SSSR count). The molecular formula is C14H20BrN3O2. The summed E-state index contributed by atoms with van der Waals surface area (Å²) in [6, 6.07) is 1.77. The molecule has 0 saturated heterocycles. The van der Waals surface area contributed by atoms with Crippen LogP contribution < -0.4 is 5.32 Å². The monoisotopic (exact) mass is 341 g/mol. The lowest BCUT2D eigenvalue weighted by Gasteiger charge is -2.30. The first-order valence-corrected chi connectivity index (χ1v) is 7.97. The van der Waals surface area contributed by atoms with E-state index in [0.717, 1.165) is 6.42 Å². The Morgan fingerprint density at radius 2 is 2.20 bits per heavy atom. The third-order valence-electron chi connectivity index (χ3n) is 4.01. The topological polar surface area (TPSA) is 68.1 Å². The molecular weight excluding hydrogens is 322 g/mol. The quantitative estimate of drug-likeness (QED) is 0.631. The van der Waals surface area contributed by atoms with Crippen molar-refractivity contribution < 1.29 is 4.92 Å². The van der Waals surface area contributed by atoms with Crippen LogP contribution in [-0.2, 0) is 0 Å². The lowest BCUT2D eigenvalue weighted by Crippen LogP contribution is -2.30. The summed E-state index contributed by atoms with van der Waals surface area (Å²) in [4.78, 5) is 14.9. The van der Waals surface area contributed by atoms with E-state index in [0.29, 0.717) is 16.2 Å². The summed E-state index contributed by atoms with van der Waals surface area (Å²) in [5.74, 6) is 0.981. The smallest absolute Gasteiger partial charge is 0.312 e. The molecule has 1 atom stereocenters. The summed E-state index contributed by atoms with van der Waals surface area (Å²) in [6.07, 6.45) is 8.80. The van der Waals surface area contributed by atoms with Crippen LogP contribution in [0.4, 0.5) is 11.5 Å². The average Bonchev–Trinajstić information content (AvgIpc) is 2.46. The maximum Gasteiger partial charge on any atom is 0.312 e. The zero-order valence-corrected chi connectivity index (χ0v) is 13.2. The largest absolute Gasteiger partial charge is 0.361 e. The number of nitro groups is 1. The van der Waals surface area contributed by atoms with Crippen molar-refractivity contribution in [2.75, 3.05) is 5.32 Å². The van der Waals surface area contributed by atoms with Gasteiger partial charge in [-0.2, -0.15) is 0 Å². The van der Waals surface area contributed by atoms with Gasteiger partial charge in [-0.3, -0.25) is 10.1 Å². The second kappa shape index (κ2) is 7.02. The molecule has 1 N–H and O–H groups in total. The molecule has 20 heavy (non-hydrogen) atoms. The number of pyridine rings is 1. The van der Waals surface area contributed by atoms with Gasteiger partial charge in [-0.15, -0.1) is 0 Å². The van der Waals surface area contributed by atoms with Crippen LogP contribution in [0, 0.1) is 16.0 Å². The zero-order chi connectivity index (χ0) is 14.5. The van der Waals surface area contributed by atoms with Crippen molar-refractivity contribution in [1.82, 2.24) is 4.98 Å². The minimum atomic E-state index is -0.381. The second-order valence-corrected chi connectivity index (χ2v) is 6.25. The fraction of sp³-hybridized carbons (Fsp3) is 0.643. The lowest BCUT2D eigenvalue weighted by atomic mass is 9.83. The molecule has 1 aromatic heterocycles. The van der Waals surface area contributed by atoms with Gasteiger partial charge in [0.25, 0.3) is 0 Å². The van der Waals surface area contributed by atoms with E-state index >= 15 is 0 Å². The zero-order valence-electron chi connectivity index (χ0n) is 11.6. The Morgan fingerprint density at radius 1 is 1.50 bits per heavy atom. The highest BCUT2D eigenvalue weighted by Gasteiger charge is 2.25. The van der Waals surface area contributed by atoms with Crippen LogP contribution in [-0.4, -0.2) is 15.9 Å². The number of aromatic nitrogens is 1. The molecule has 110 valence electrons. The number of nitrogens with zero attached hydrogens (tertiary/aromatic N) is 2. The highest BCUT2D eigenvalue weighted by atomic mass is 79.9. The van der Waals surface area contributed by atoms with Gasteiger partial charge in [-0.1, -0.05) is 26.2 Å². The summed E-state index contributed by atoms with van der Waals surface area (Å²) in [5, 5.41) is 14.4. The Kier molecular flexibility index (Phi) is 5.34. The molecule has 1 saturated carbocycles. The van der Waals surface area contributed by atoms with E-state index in [1.165, 1.54) is 38.2 Å². The SMILES string of the molecule is CCC(Nc1ncc(Br)cc1[N+](=O)[O-])C1CCCCC1. The third-order valence-corrected chi connectivity index (χ3v) is 4.45.